The molecular weight excluding hydrogens is 308 g/mol. The number of hydrogen-bond acceptors (Lipinski definition) is 5. The quantitative estimate of drug-likeness (QED) is 0.726. The Balaban J connectivity index is 1.74. The third-order valence-electron chi connectivity index (χ3n) is 3.53. The number of aryl methyl sites for hydroxylation is 1. The molecule has 0 aliphatic carbocycles. The fourth-order valence-corrected chi connectivity index (χ4v) is 3.13. The van der Waals surface area contributed by atoms with Crippen LogP contribution in [0.1, 0.15) is 16.8 Å². The number of methoxy groups -OCH3 is 1. The minimum atomic E-state index is 0.672. The van der Waals surface area contributed by atoms with Gasteiger partial charge in [-0.05, 0) is 13.8 Å². The van der Waals surface area contributed by atoms with Crippen LogP contribution in [0.5, 0.6) is 5.75 Å². The maximum absolute atomic E-state index is 5.41. The lowest BCUT2D eigenvalue weighted by Crippen LogP contribution is -1.99. The molecule has 0 bridgehead atoms. The number of rotatable bonds is 5. The summed E-state index contributed by atoms with van der Waals surface area (Å²) in [5.74, 6) is 2.28. The fraction of sp³-hybridized carbons (Fsp3) is 0.235. The van der Waals surface area contributed by atoms with Gasteiger partial charge in [0.15, 0.2) is 5.82 Å². The number of pyridine rings is 1. The van der Waals surface area contributed by atoms with Gasteiger partial charge in [0, 0.05) is 22.4 Å². The molecule has 2 aromatic heterocycles. The Morgan fingerprint density at radius 3 is 2.74 bits per heavy atom. The van der Waals surface area contributed by atoms with Gasteiger partial charge < -0.3 is 4.74 Å². The average molecular weight is 325 g/mol. The summed E-state index contributed by atoms with van der Waals surface area (Å²) in [4.78, 5) is 8.89. The van der Waals surface area contributed by atoms with E-state index < -0.39 is 0 Å². The third kappa shape index (κ3) is 3.37. The minimum absolute atomic E-state index is 0.672. The molecule has 0 amide bonds. The zero-order chi connectivity index (χ0) is 16.2. The van der Waals surface area contributed by atoms with Gasteiger partial charge in [-0.25, -0.2) is 9.97 Å². The number of thioether (sulfide) groups is 1. The normalized spacial score (nSPS) is 10.7. The van der Waals surface area contributed by atoms with Crippen molar-refractivity contribution in [2.24, 2.45) is 0 Å². The van der Waals surface area contributed by atoms with Crippen LogP contribution in [0.4, 0.5) is 0 Å². The van der Waals surface area contributed by atoms with E-state index in [4.69, 9.17) is 4.74 Å². The maximum atomic E-state index is 5.41. The number of aromatic nitrogens is 4. The van der Waals surface area contributed by atoms with Crippen molar-refractivity contribution in [1.29, 1.82) is 0 Å². The second kappa shape index (κ2) is 6.83. The third-order valence-corrected chi connectivity index (χ3v) is 4.39. The van der Waals surface area contributed by atoms with Gasteiger partial charge >= 0.3 is 0 Å². The molecule has 0 saturated carbocycles. The summed E-state index contributed by atoms with van der Waals surface area (Å²) in [6.07, 6.45) is 2.99. The molecule has 0 aliphatic heterocycles. The Kier molecular flexibility index (Phi) is 4.62. The molecule has 3 rings (SSSR count). The van der Waals surface area contributed by atoms with E-state index in [1.54, 1.807) is 7.11 Å². The van der Waals surface area contributed by atoms with Crippen molar-refractivity contribution >= 4 is 11.8 Å². The smallest absolute Gasteiger partial charge is 0.209 e. The van der Waals surface area contributed by atoms with Crippen molar-refractivity contribution in [2.75, 3.05) is 7.11 Å². The van der Waals surface area contributed by atoms with Crippen molar-refractivity contribution in [3.63, 3.8) is 0 Å². The van der Waals surface area contributed by atoms with Crippen molar-refractivity contribution in [3.8, 4) is 17.1 Å². The predicted molar refractivity (Wildman–Crippen MR) is 90.5 cm³/mol. The lowest BCUT2D eigenvalue weighted by atomic mass is 10.1. The summed E-state index contributed by atoms with van der Waals surface area (Å²) in [5, 5.41) is 7.92. The molecule has 3 aromatic rings. The van der Waals surface area contributed by atoms with Gasteiger partial charge in [0.1, 0.15) is 5.75 Å². The summed E-state index contributed by atoms with van der Waals surface area (Å²) in [5.41, 5.74) is 3.91. The Morgan fingerprint density at radius 1 is 1.22 bits per heavy atom. The highest BCUT2D eigenvalue weighted by molar-refractivity contribution is 7.98. The van der Waals surface area contributed by atoms with Crippen LogP contribution >= 0.6 is 11.8 Å². The van der Waals surface area contributed by atoms with E-state index in [9.17, 15) is 0 Å². The van der Waals surface area contributed by atoms with Crippen LogP contribution < -0.4 is 4.74 Å². The Morgan fingerprint density at radius 2 is 2.00 bits per heavy atom. The van der Waals surface area contributed by atoms with E-state index in [0.717, 1.165) is 34.0 Å². The molecule has 0 saturated heterocycles. The molecule has 0 fully saturated rings. The first-order chi connectivity index (χ1) is 11.2. The zero-order valence-electron chi connectivity index (χ0n) is 13.3. The first kappa shape index (κ1) is 15.6. The van der Waals surface area contributed by atoms with Crippen molar-refractivity contribution in [2.45, 2.75) is 24.8 Å². The first-order valence-corrected chi connectivity index (χ1v) is 8.20. The van der Waals surface area contributed by atoms with E-state index in [1.165, 1.54) is 11.8 Å². The van der Waals surface area contributed by atoms with Gasteiger partial charge in [-0.2, -0.15) is 0 Å². The standard InChI is InChI=1S/C17H17N4OS/c1-11-9-18-14(12(2)15(11)22-3)10-23-17-19-16(20-21-17)13-7-5-4-6-8-13/h4-8H,10H2,1-3H3,(H,19,20,21). The highest BCUT2D eigenvalue weighted by atomic mass is 32.2. The van der Waals surface area contributed by atoms with Crippen LogP contribution in [0.25, 0.3) is 11.4 Å². The monoisotopic (exact) mass is 325 g/mol. The number of benzene rings is 1. The lowest BCUT2D eigenvalue weighted by Gasteiger charge is -2.10. The van der Waals surface area contributed by atoms with Crippen LogP contribution in [-0.2, 0) is 5.75 Å². The van der Waals surface area contributed by atoms with E-state index >= 15 is 0 Å². The molecule has 0 atom stereocenters. The largest absolute Gasteiger partial charge is 0.496 e. The number of H-pyrrole nitrogens is 1. The van der Waals surface area contributed by atoms with Gasteiger partial charge in [-0.1, -0.05) is 42.1 Å². The van der Waals surface area contributed by atoms with E-state index in [0.29, 0.717) is 10.9 Å². The van der Waals surface area contributed by atoms with Crippen LogP contribution in [0.2, 0.25) is 0 Å². The molecular formula is C17H17N4OS. The van der Waals surface area contributed by atoms with Crippen LogP contribution in [0, 0.1) is 20.0 Å². The SMILES string of the molecule is COc1c(C)[c]nc(CSc2n[nH]c(-c3ccccc3)n2)c1C. The maximum Gasteiger partial charge on any atom is 0.209 e. The molecule has 5 nitrogen and oxygen atoms in total. The number of nitrogens with zero attached hydrogens (tertiary/aromatic N) is 3. The van der Waals surface area contributed by atoms with Crippen LogP contribution in [0.15, 0.2) is 35.5 Å². The molecule has 1 N–H and O–H groups in total. The van der Waals surface area contributed by atoms with Crippen LogP contribution in [0.3, 0.4) is 0 Å². The molecule has 117 valence electrons. The van der Waals surface area contributed by atoms with Crippen LogP contribution in [-0.4, -0.2) is 27.3 Å². The summed E-state index contributed by atoms with van der Waals surface area (Å²) >= 11 is 1.54. The number of nitrogens with one attached hydrogen (secondary N) is 1. The molecule has 6 heteroatoms. The highest BCUT2D eigenvalue weighted by Gasteiger charge is 2.12. The van der Waals surface area contributed by atoms with Gasteiger partial charge in [0.2, 0.25) is 5.16 Å². The second-order valence-corrected chi connectivity index (χ2v) is 6.02. The van der Waals surface area contributed by atoms with Gasteiger partial charge in [-0.3, -0.25) is 5.10 Å². The topological polar surface area (TPSA) is 63.7 Å². The summed E-state index contributed by atoms with van der Waals surface area (Å²) < 4.78 is 5.41. The number of hydrogen-bond donors (Lipinski definition) is 1. The summed E-state index contributed by atoms with van der Waals surface area (Å²) in [6, 6.07) is 9.94. The molecule has 1 radical (unpaired) electrons. The highest BCUT2D eigenvalue weighted by Crippen LogP contribution is 2.28. The van der Waals surface area contributed by atoms with Crippen molar-refractivity contribution in [1.82, 2.24) is 20.2 Å². The van der Waals surface area contributed by atoms with Crippen molar-refractivity contribution < 1.29 is 4.74 Å². The summed E-state index contributed by atoms with van der Waals surface area (Å²) in [6.45, 7) is 3.95. The molecule has 2 heterocycles. The molecule has 23 heavy (non-hydrogen) atoms. The lowest BCUT2D eigenvalue weighted by molar-refractivity contribution is 0.407. The molecule has 0 spiro atoms. The van der Waals surface area contributed by atoms with Gasteiger partial charge in [0.05, 0.1) is 19.0 Å². The predicted octanol–water partition coefficient (Wildman–Crippen LogP) is 3.58. The Bertz CT molecular complexity index is 802. The molecule has 0 unspecified atom stereocenters. The second-order valence-electron chi connectivity index (χ2n) is 5.07. The Hall–Kier alpha value is -2.34. The van der Waals surface area contributed by atoms with Gasteiger partial charge in [0.25, 0.3) is 0 Å². The summed E-state index contributed by atoms with van der Waals surface area (Å²) in [7, 11) is 1.67. The minimum Gasteiger partial charge on any atom is -0.496 e. The van der Waals surface area contributed by atoms with Crippen molar-refractivity contribution in [3.05, 3.63) is 53.3 Å². The zero-order valence-corrected chi connectivity index (χ0v) is 14.1. The molecule has 1 aromatic carbocycles. The fourth-order valence-electron chi connectivity index (χ4n) is 2.31. The van der Waals surface area contributed by atoms with E-state index in [-0.39, 0.29) is 0 Å². The number of aromatic amines is 1. The Labute approximate surface area is 139 Å². The van der Waals surface area contributed by atoms with E-state index in [1.807, 2.05) is 44.2 Å². The first-order valence-electron chi connectivity index (χ1n) is 7.21. The average Bonchev–Trinajstić information content (AvgIpc) is 3.04. The van der Waals surface area contributed by atoms with Gasteiger partial charge in [-0.15, -0.1) is 5.10 Å². The van der Waals surface area contributed by atoms with E-state index in [2.05, 4.69) is 26.4 Å². The number of ether oxygens (including phenoxy) is 1. The molecule has 0 aliphatic rings.